The van der Waals surface area contributed by atoms with Gasteiger partial charge in [0.1, 0.15) is 11.5 Å². The number of ether oxygens (including phenoxy) is 2. The highest BCUT2D eigenvalue weighted by molar-refractivity contribution is 9.10. The van der Waals surface area contributed by atoms with E-state index in [1.54, 1.807) is 48.0 Å². The summed E-state index contributed by atoms with van der Waals surface area (Å²) in [6, 6.07) is 8.68. The second-order valence-electron chi connectivity index (χ2n) is 6.55. The molecule has 0 saturated carbocycles. The number of hydrogen-bond acceptors (Lipinski definition) is 5. The van der Waals surface area contributed by atoms with Crippen LogP contribution in [0.25, 0.3) is 5.52 Å². The maximum Gasteiger partial charge on any atom is 0.331 e. The van der Waals surface area contributed by atoms with Gasteiger partial charge in [0.2, 0.25) is 5.91 Å². The zero-order valence-electron chi connectivity index (χ0n) is 16.0. The fraction of sp³-hybridized carbons (Fsp3) is 0.250. The number of urea groups is 1. The molecule has 0 unspecified atom stereocenters. The number of benzene rings is 1. The fourth-order valence-corrected chi connectivity index (χ4v) is 3.71. The van der Waals surface area contributed by atoms with Crippen molar-refractivity contribution in [2.45, 2.75) is 13.0 Å². The van der Waals surface area contributed by atoms with Gasteiger partial charge in [0.25, 0.3) is 0 Å². The van der Waals surface area contributed by atoms with E-state index in [1.807, 2.05) is 18.3 Å². The summed E-state index contributed by atoms with van der Waals surface area (Å²) < 4.78 is 13.2. The molecule has 3 aromatic rings. The maximum absolute atomic E-state index is 13.2. The van der Waals surface area contributed by atoms with E-state index in [1.165, 1.54) is 4.90 Å². The normalized spacial score (nSPS) is 14.6. The monoisotopic (exact) mass is 458 g/mol. The predicted molar refractivity (Wildman–Crippen MR) is 110 cm³/mol. The van der Waals surface area contributed by atoms with Crippen molar-refractivity contribution in [1.82, 2.24) is 14.5 Å². The Hall–Kier alpha value is -3.07. The summed E-state index contributed by atoms with van der Waals surface area (Å²) >= 11 is 3.45. The number of amides is 3. The zero-order valence-corrected chi connectivity index (χ0v) is 17.5. The van der Waals surface area contributed by atoms with Crippen LogP contribution in [0.4, 0.5) is 10.5 Å². The topological polar surface area (TPSA) is 76.4 Å². The van der Waals surface area contributed by atoms with Crippen LogP contribution in [0.2, 0.25) is 0 Å². The van der Waals surface area contributed by atoms with Gasteiger partial charge in [-0.2, -0.15) is 5.10 Å². The Balaban J connectivity index is 1.65. The van der Waals surface area contributed by atoms with Crippen molar-refractivity contribution in [2.75, 3.05) is 25.7 Å². The molecule has 9 heteroatoms. The number of imide groups is 1. The van der Waals surface area contributed by atoms with Crippen molar-refractivity contribution in [3.8, 4) is 11.5 Å². The van der Waals surface area contributed by atoms with Crippen LogP contribution < -0.4 is 14.4 Å². The van der Waals surface area contributed by atoms with Crippen molar-refractivity contribution in [2.24, 2.45) is 0 Å². The number of rotatable bonds is 5. The third-order valence-electron chi connectivity index (χ3n) is 4.89. The van der Waals surface area contributed by atoms with Gasteiger partial charge in [-0.15, -0.1) is 0 Å². The van der Waals surface area contributed by atoms with E-state index < -0.39 is 0 Å². The molecular formula is C20H19BrN4O4. The van der Waals surface area contributed by atoms with Crippen LogP contribution in [0, 0.1) is 0 Å². The minimum absolute atomic E-state index is 0.115. The van der Waals surface area contributed by atoms with Gasteiger partial charge in [0.05, 0.1) is 38.2 Å². The molecule has 0 aliphatic carbocycles. The van der Waals surface area contributed by atoms with Crippen LogP contribution >= 0.6 is 15.9 Å². The van der Waals surface area contributed by atoms with E-state index in [4.69, 9.17) is 9.47 Å². The summed E-state index contributed by atoms with van der Waals surface area (Å²) in [5.74, 6) is 0.976. The molecule has 1 aliphatic heterocycles. The van der Waals surface area contributed by atoms with Crippen LogP contribution in [-0.4, -0.2) is 47.2 Å². The van der Waals surface area contributed by atoms with Crippen molar-refractivity contribution in [1.29, 1.82) is 0 Å². The average molecular weight is 459 g/mol. The van der Waals surface area contributed by atoms with E-state index in [0.29, 0.717) is 23.7 Å². The Morgan fingerprint density at radius 1 is 1.14 bits per heavy atom. The second kappa shape index (κ2) is 7.75. The summed E-state index contributed by atoms with van der Waals surface area (Å²) in [6.45, 7) is 0.423. The molecule has 3 heterocycles. The van der Waals surface area contributed by atoms with E-state index in [2.05, 4.69) is 21.0 Å². The third-order valence-corrected chi connectivity index (χ3v) is 5.38. The highest BCUT2D eigenvalue weighted by Crippen LogP contribution is 2.30. The molecule has 0 bridgehead atoms. The van der Waals surface area contributed by atoms with Crippen LogP contribution in [0.1, 0.15) is 12.0 Å². The number of methoxy groups -OCH3 is 2. The van der Waals surface area contributed by atoms with Gasteiger partial charge in [0.15, 0.2) is 0 Å². The number of nitrogens with zero attached hydrogens (tertiary/aromatic N) is 4. The quantitative estimate of drug-likeness (QED) is 0.584. The molecular weight excluding hydrogens is 440 g/mol. The number of aromatic nitrogens is 2. The van der Waals surface area contributed by atoms with Crippen LogP contribution in [0.5, 0.6) is 11.5 Å². The standard InChI is InChI=1S/C20H19BrN4O4/c1-28-15-4-3-13(18(10-15)29-2)12-24-19(26)6-7-23(20(24)27)17-11-22-25-8-5-14(21)9-16(17)25/h3-5,8-11H,6-7,12H2,1-2H3. The van der Waals surface area contributed by atoms with Gasteiger partial charge < -0.3 is 9.47 Å². The summed E-state index contributed by atoms with van der Waals surface area (Å²) in [5.41, 5.74) is 2.17. The Labute approximate surface area is 175 Å². The van der Waals surface area contributed by atoms with Gasteiger partial charge in [-0.25, -0.2) is 9.31 Å². The lowest BCUT2D eigenvalue weighted by Gasteiger charge is -2.33. The van der Waals surface area contributed by atoms with E-state index in [0.717, 1.165) is 15.6 Å². The number of halogens is 1. The lowest BCUT2D eigenvalue weighted by molar-refractivity contribution is -0.129. The maximum atomic E-state index is 13.2. The molecule has 29 heavy (non-hydrogen) atoms. The molecule has 0 spiro atoms. The first-order valence-electron chi connectivity index (χ1n) is 8.97. The number of carbonyl (C=O) groups excluding carboxylic acids is 2. The first-order valence-corrected chi connectivity index (χ1v) is 9.77. The third kappa shape index (κ3) is 3.53. The second-order valence-corrected chi connectivity index (χ2v) is 7.46. The minimum Gasteiger partial charge on any atom is -0.497 e. The average Bonchev–Trinajstić information content (AvgIpc) is 3.14. The first kappa shape index (κ1) is 19.3. The minimum atomic E-state index is -0.381. The van der Waals surface area contributed by atoms with Crippen LogP contribution in [0.3, 0.4) is 0 Å². The van der Waals surface area contributed by atoms with Gasteiger partial charge in [-0.1, -0.05) is 15.9 Å². The van der Waals surface area contributed by atoms with Crippen molar-refractivity contribution in [3.05, 3.63) is 52.8 Å². The molecule has 1 aromatic carbocycles. The zero-order chi connectivity index (χ0) is 20.5. The van der Waals surface area contributed by atoms with Gasteiger partial charge in [-0.3, -0.25) is 14.6 Å². The largest absolute Gasteiger partial charge is 0.497 e. The Bertz CT molecular complexity index is 1100. The van der Waals surface area contributed by atoms with Crippen molar-refractivity contribution >= 4 is 39.1 Å². The molecule has 4 rings (SSSR count). The highest BCUT2D eigenvalue weighted by Gasteiger charge is 2.34. The molecule has 0 atom stereocenters. The number of fused-ring (bicyclic) bond motifs is 1. The first-order chi connectivity index (χ1) is 14.0. The summed E-state index contributed by atoms with van der Waals surface area (Å²) in [5, 5.41) is 4.31. The number of carbonyl (C=O) groups is 2. The van der Waals surface area contributed by atoms with Gasteiger partial charge in [-0.05, 0) is 24.3 Å². The molecule has 1 aliphatic rings. The molecule has 1 fully saturated rings. The van der Waals surface area contributed by atoms with Gasteiger partial charge >= 0.3 is 6.03 Å². The van der Waals surface area contributed by atoms with Crippen LogP contribution in [-0.2, 0) is 11.3 Å². The molecule has 2 aromatic heterocycles. The SMILES string of the molecule is COc1ccc(CN2C(=O)CCN(c3cnn4ccc(Br)cc34)C2=O)c(OC)c1. The molecule has 0 radical (unpaired) electrons. The number of pyridine rings is 1. The number of hydrogen-bond donors (Lipinski definition) is 0. The van der Waals surface area contributed by atoms with Crippen molar-refractivity contribution < 1.29 is 19.1 Å². The molecule has 1 saturated heterocycles. The molecule has 3 amide bonds. The molecule has 150 valence electrons. The predicted octanol–water partition coefficient (Wildman–Crippen LogP) is 3.47. The van der Waals surface area contributed by atoms with Gasteiger partial charge in [0, 0.05) is 35.3 Å². The van der Waals surface area contributed by atoms with E-state index in [9.17, 15) is 9.59 Å². The smallest absolute Gasteiger partial charge is 0.331 e. The Kier molecular flexibility index (Phi) is 5.14. The fourth-order valence-electron chi connectivity index (χ4n) is 3.37. The van der Waals surface area contributed by atoms with E-state index in [-0.39, 0.29) is 24.9 Å². The highest BCUT2D eigenvalue weighted by atomic mass is 79.9. The van der Waals surface area contributed by atoms with E-state index >= 15 is 0 Å². The Morgan fingerprint density at radius 3 is 2.72 bits per heavy atom. The van der Waals surface area contributed by atoms with Crippen molar-refractivity contribution in [3.63, 3.8) is 0 Å². The molecule has 0 N–H and O–H groups in total. The number of anilines is 1. The lowest BCUT2D eigenvalue weighted by Crippen LogP contribution is -2.52. The van der Waals surface area contributed by atoms with Crippen LogP contribution in [0.15, 0.2) is 47.2 Å². The summed E-state index contributed by atoms with van der Waals surface area (Å²) in [7, 11) is 3.11. The Morgan fingerprint density at radius 2 is 1.97 bits per heavy atom. The molecule has 8 nitrogen and oxygen atoms in total. The lowest BCUT2D eigenvalue weighted by atomic mass is 10.1. The summed E-state index contributed by atoms with van der Waals surface area (Å²) in [4.78, 5) is 28.6. The summed E-state index contributed by atoms with van der Waals surface area (Å²) in [6.07, 6.45) is 3.68.